The molecule has 60 heavy (non-hydrogen) atoms. The Balaban J connectivity index is 0.000000202. The first-order chi connectivity index (χ1) is 28.5. The summed E-state index contributed by atoms with van der Waals surface area (Å²) in [5, 5.41) is 4.68. The second-order valence-corrected chi connectivity index (χ2v) is 22.0. The van der Waals surface area contributed by atoms with Gasteiger partial charge in [0.25, 0.3) is 0 Å². The van der Waals surface area contributed by atoms with Crippen LogP contribution >= 0.6 is 0 Å². The second kappa shape index (κ2) is 16.7. The Hall–Kier alpha value is -5.85. The maximum absolute atomic E-state index is 6.22. The molecule has 6 aromatic carbocycles. The van der Waals surface area contributed by atoms with Gasteiger partial charge < -0.3 is 18.4 Å². The third kappa shape index (κ3) is 7.81. The molecule has 10 rings (SSSR count). The molecule has 0 aliphatic heterocycles. The minimum absolute atomic E-state index is 0. The Morgan fingerprint density at radius 1 is 0.717 bits per heavy atom. The van der Waals surface area contributed by atoms with E-state index < -0.39 is 8.07 Å². The fraction of sp³-hybridized carbons (Fsp3) is 0.170. The SMILES string of the molecule is CC(C)Cc1cc(-c2[c-]cccc2)ncc1[Si](C)(C)C.Cc1cccc(C)c1-c1ccc2c(-c3nc4ccccc4n3-c3ccc4c(c3)oc3ccccc34)[c-]oc2c1.[Ir]. The van der Waals surface area contributed by atoms with Crippen molar-refractivity contribution < 1.29 is 28.9 Å². The molecular weight excluding hydrogens is 931 g/mol. The molecule has 0 spiro atoms. The maximum Gasteiger partial charge on any atom is 0.137 e. The standard InChI is InChI=1S/C35H23N2O2.C18H24NSi.Ir/c1-21-8-7-9-22(2)34(21)23-14-16-27-28(20-38-32(27)18-23)35-36-29-11-4-5-12-30(29)37(35)24-15-17-26-25-10-3-6-13-31(25)39-33(26)19-24;1-14(2)11-16-12-17(15-9-7-6-8-10-15)19-13-18(16)20(3,4)5;/h3-19H,1-2H3;6-9,12-14H,11H2,1-5H3;/q2*-1;. The third-order valence-electron chi connectivity index (χ3n) is 11.1. The van der Waals surface area contributed by atoms with Crippen LogP contribution in [0.15, 0.2) is 148 Å². The summed E-state index contributed by atoms with van der Waals surface area (Å²) in [6.45, 7) is 16.0. The fourth-order valence-electron chi connectivity index (χ4n) is 8.36. The molecule has 301 valence electrons. The molecule has 0 bridgehead atoms. The van der Waals surface area contributed by atoms with Crippen LogP contribution < -0.4 is 5.19 Å². The predicted octanol–water partition coefficient (Wildman–Crippen LogP) is 13.7. The van der Waals surface area contributed by atoms with Gasteiger partial charge in [-0.3, -0.25) is 4.98 Å². The van der Waals surface area contributed by atoms with E-state index in [0.717, 1.165) is 84.3 Å². The number of imidazole rings is 1. The topological polar surface area (TPSA) is 57.0 Å². The minimum Gasteiger partial charge on any atom is -0.557 e. The number of aryl methyl sites for hydroxylation is 2. The molecule has 0 N–H and O–H groups in total. The number of para-hydroxylation sites is 3. The average molecular weight is 978 g/mol. The van der Waals surface area contributed by atoms with E-state index in [1.54, 1.807) is 0 Å². The summed E-state index contributed by atoms with van der Waals surface area (Å²) in [7, 11) is -1.34. The smallest absolute Gasteiger partial charge is 0.137 e. The zero-order chi connectivity index (χ0) is 40.8. The van der Waals surface area contributed by atoms with Gasteiger partial charge in [-0.15, -0.1) is 42.0 Å². The molecule has 4 heterocycles. The molecule has 0 fully saturated rings. The Morgan fingerprint density at radius 3 is 2.22 bits per heavy atom. The molecule has 0 atom stereocenters. The van der Waals surface area contributed by atoms with Gasteiger partial charge in [0, 0.05) is 60.7 Å². The summed E-state index contributed by atoms with van der Waals surface area (Å²) in [6.07, 6.45) is 6.42. The quantitative estimate of drug-likeness (QED) is 0.118. The van der Waals surface area contributed by atoms with Crippen LogP contribution in [0.2, 0.25) is 19.6 Å². The fourth-order valence-corrected chi connectivity index (χ4v) is 9.94. The van der Waals surface area contributed by atoms with Crippen LogP contribution in [0.1, 0.15) is 30.5 Å². The Morgan fingerprint density at radius 2 is 1.45 bits per heavy atom. The van der Waals surface area contributed by atoms with Gasteiger partial charge in [-0.25, -0.2) is 0 Å². The zero-order valence-corrected chi connectivity index (χ0v) is 38.5. The number of hydrogen-bond donors (Lipinski definition) is 0. The van der Waals surface area contributed by atoms with E-state index in [1.807, 2.05) is 54.6 Å². The van der Waals surface area contributed by atoms with E-state index in [-0.39, 0.29) is 20.1 Å². The van der Waals surface area contributed by atoms with E-state index in [1.165, 1.54) is 27.4 Å². The van der Waals surface area contributed by atoms with Crippen molar-refractivity contribution in [3.63, 3.8) is 0 Å². The van der Waals surface area contributed by atoms with Crippen molar-refractivity contribution in [2.24, 2.45) is 5.92 Å². The minimum atomic E-state index is -1.34. The van der Waals surface area contributed by atoms with Crippen molar-refractivity contribution in [1.29, 1.82) is 0 Å². The number of pyridine rings is 1. The van der Waals surface area contributed by atoms with Gasteiger partial charge in [-0.05, 0) is 89.7 Å². The van der Waals surface area contributed by atoms with Crippen molar-refractivity contribution >= 4 is 57.2 Å². The van der Waals surface area contributed by atoms with Crippen molar-refractivity contribution in [2.75, 3.05) is 0 Å². The summed E-state index contributed by atoms with van der Waals surface area (Å²) < 4.78 is 14.4. The number of furan rings is 2. The number of benzene rings is 6. The molecule has 5 nitrogen and oxygen atoms in total. The third-order valence-corrected chi connectivity index (χ3v) is 13.2. The van der Waals surface area contributed by atoms with Gasteiger partial charge in [0.2, 0.25) is 0 Å². The van der Waals surface area contributed by atoms with E-state index in [0.29, 0.717) is 5.92 Å². The Labute approximate surface area is 366 Å². The summed E-state index contributed by atoms with van der Waals surface area (Å²) in [5.74, 6) is 1.45. The summed E-state index contributed by atoms with van der Waals surface area (Å²) in [4.78, 5) is 9.74. The van der Waals surface area contributed by atoms with E-state index in [4.69, 9.17) is 13.8 Å². The van der Waals surface area contributed by atoms with Gasteiger partial charge in [-0.1, -0.05) is 117 Å². The van der Waals surface area contributed by atoms with Crippen LogP contribution in [0.3, 0.4) is 0 Å². The van der Waals surface area contributed by atoms with Crippen LogP contribution in [0.25, 0.3) is 83.4 Å². The molecule has 0 unspecified atom stereocenters. The normalized spacial score (nSPS) is 11.7. The van der Waals surface area contributed by atoms with Crippen LogP contribution in [-0.2, 0) is 26.5 Å². The first-order valence-corrected chi connectivity index (χ1v) is 23.9. The summed E-state index contributed by atoms with van der Waals surface area (Å²) >= 11 is 0. The van der Waals surface area contributed by atoms with Gasteiger partial charge in [0.05, 0.1) is 24.9 Å². The van der Waals surface area contributed by atoms with Gasteiger partial charge >= 0.3 is 0 Å². The Bertz CT molecular complexity index is 3110. The van der Waals surface area contributed by atoms with Crippen molar-refractivity contribution in [3.05, 3.63) is 169 Å². The molecule has 0 amide bonds. The van der Waals surface area contributed by atoms with Gasteiger partial charge in [-0.2, -0.15) is 0 Å². The van der Waals surface area contributed by atoms with Gasteiger partial charge in [0.1, 0.15) is 11.2 Å². The molecular formula is C53H47IrN3O2Si-2. The van der Waals surface area contributed by atoms with Crippen molar-refractivity contribution in [1.82, 2.24) is 14.5 Å². The summed E-state index contributed by atoms with van der Waals surface area (Å²) in [6, 6.07) is 49.1. The second-order valence-electron chi connectivity index (χ2n) is 16.9. The maximum atomic E-state index is 6.22. The monoisotopic (exact) mass is 978 g/mol. The molecule has 0 saturated carbocycles. The first kappa shape index (κ1) is 40.9. The van der Waals surface area contributed by atoms with Crippen LogP contribution in [-0.4, -0.2) is 22.6 Å². The largest absolute Gasteiger partial charge is 0.557 e. The predicted molar refractivity (Wildman–Crippen MR) is 247 cm³/mol. The molecule has 0 aliphatic carbocycles. The number of aromatic nitrogens is 3. The zero-order valence-electron chi connectivity index (χ0n) is 35.1. The summed E-state index contributed by atoms with van der Waals surface area (Å²) in [5.41, 5.74) is 14.7. The molecule has 7 heteroatoms. The van der Waals surface area contributed by atoms with Crippen molar-refractivity contribution in [3.8, 4) is 39.5 Å². The van der Waals surface area contributed by atoms with Crippen molar-refractivity contribution in [2.45, 2.75) is 53.8 Å². The molecule has 4 aromatic heterocycles. The number of nitrogens with zero attached hydrogens (tertiary/aromatic N) is 3. The molecule has 10 aromatic rings. The van der Waals surface area contributed by atoms with E-state index in [9.17, 15) is 0 Å². The van der Waals surface area contributed by atoms with Crippen LogP contribution in [0.5, 0.6) is 0 Å². The molecule has 0 aliphatic rings. The molecule has 1 radical (unpaired) electrons. The van der Waals surface area contributed by atoms with E-state index in [2.05, 4.69) is 154 Å². The first-order valence-electron chi connectivity index (χ1n) is 20.4. The molecule has 0 saturated heterocycles. The number of hydrogen-bond acceptors (Lipinski definition) is 4. The number of fused-ring (bicyclic) bond motifs is 5. The number of rotatable bonds is 7. The Kier molecular flexibility index (Phi) is 11.4. The van der Waals surface area contributed by atoms with Crippen LogP contribution in [0.4, 0.5) is 0 Å². The average Bonchev–Trinajstić information content (AvgIpc) is 3.93. The van der Waals surface area contributed by atoms with Crippen LogP contribution in [0, 0.1) is 32.1 Å². The van der Waals surface area contributed by atoms with E-state index >= 15 is 0 Å². The van der Waals surface area contributed by atoms with Gasteiger partial charge in [0.15, 0.2) is 0 Å².